The summed E-state index contributed by atoms with van der Waals surface area (Å²) in [5, 5.41) is 11.8. The fourth-order valence-corrected chi connectivity index (χ4v) is 1.80. The number of carbonyl (C=O) groups excluding carboxylic acids is 1. The molecule has 0 radical (unpaired) electrons. The van der Waals surface area contributed by atoms with Crippen LogP contribution < -0.4 is 10.1 Å². The van der Waals surface area contributed by atoms with Crippen molar-refractivity contribution in [3.8, 4) is 5.88 Å². The third-order valence-corrected chi connectivity index (χ3v) is 3.00. The zero-order valence-electron chi connectivity index (χ0n) is 12.8. The monoisotopic (exact) mass is 294 g/mol. The molecule has 1 aromatic rings. The summed E-state index contributed by atoms with van der Waals surface area (Å²) in [5.41, 5.74) is 0.228. The van der Waals surface area contributed by atoms with Crippen LogP contribution in [0.1, 0.15) is 44.0 Å². The first-order chi connectivity index (χ1) is 9.74. The molecule has 0 saturated heterocycles. The summed E-state index contributed by atoms with van der Waals surface area (Å²) in [6, 6.07) is 2.22. The maximum absolute atomic E-state index is 12.2. The van der Waals surface area contributed by atoms with Crippen LogP contribution in [0, 0.1) is 5.41 Å². The van der Waals surface area contributed by atoms with Gasteiger partial charge in [0, 0.05) is 6.20 Å². The molecule has 1 amide bonds. The third-order valence-electron chi connectivity index (χ3n) is 3.00. The first-order valence-electron chi connectivity index (χ1n) is 6.77. The molecule has 0 spiro atoms. The summed E-state index contributed by atoms with van der Waals surface area (Å²) >= 11 is 0. The van der Waals surface area contributed by atoms with Gasteiger partial charge in [-0.25, -0.2) is 9.78 Å². The molecule has 0 saturated carbocycles. The Kier molecular flexibility index (Phi) is 5.69. The Labute approximate surface area is 124 Å². The molecular weight excluding hydrogens is 272 g/mol. The lowest BCUT2D eigenvalue weighted by Gasteiger charge is -2.21. The lowest BCUT2D eigenvalue weighted by molar-refractivity contribution is -0.139. The highest BCUT2D eigenvalue weighted by atomic mass is 16.5. The Morgan fingerprint density at radius 3 is 2.62 bits per heavy atom. The fraction of sp³-hybridized carbons (Fsp3) is 0.533. The summed E-state index contributed by atoms with van der Waals surface area (Å²) in [5.74, 6) is -1.37. The Hall–Kier alpha value is -2.11. The number of carboxylic acid groups (broad SMARTS) is 1. The number of amides is 1. The zero-order valence-corrected chi connectivity index (χ0v) is 12.8. The standard InChI is InChI=1S/C15H22N2O4/c1-15(2,3)8-7-11(14(19)20)17-12(18)10-6-5-9-16-13(10)21-4/h5-6,9,11H,7-8H2,1-4H3,(H,17,18)(H,19,20). The molecule has 6 heteroatoms. The lowest BCUT2D eigenvalue weighted by Crippen LogP contribution is -2.41. The van der Waals surface area contributed by atoms with E-state index in [1.54, 1.807) is 12.1 Å². The molecule has 2 N–H and O–H groups in total. The molecule has 0 aliphatic carbocycles. The van der Waals surface area contributed by atoms with E-state index >= 15 is 0 Å². The topological polar surface area (TPSA) is 88.5 Å². The van der Waals surface area contributed by atoms with Crippen LogP contribution in [0.3, 0.4) is 0 Å². The van der Waals surface area contributed by atoms with Crippen molar-refractivity contribution in [3.63, 3.8) is 0 Å². The van der Waals surface area contributed by atoms with Crippen LogP contribution in [-0.2, 0) is 4.79 Å². The van der Waals surface area contributed by atoms with E-state index < -0.39 is 17.9 Å². The maximum atomic E-state index is 12.2. The molecule has 1 rings (SSSR count). The number of hydrogen-bond acceptors (Lipinski definition) is 4. The van der Waals surface area contributed by atoms with E-state index in [2.05, 4.69) is 10.3 Å². The van der Waals surface area contributed by atoms with Crippen LogP contribution in [-0.4, -0.2) is 35.1 Å². The molecule has 1 heterocycles. The molecule has 1 unspecified atom stereocenters. The smallest absolute Gasteiger partial charge is 0.326 e. The molecule has 0 aromatic carbocycles. The Morgan fingerprint density at radius 2 is 2.10 bits per heavy atom. The first-order valence-corrected chi connectivity index (χ1v) is 6.77. The largest absolute Gasteiger partial charge is 0.480 e. The molecule has 116 valence electrons. The Bertz CT molecular complexity index is 509. The van der Waals surface area contributed by atoms with Crippen LogP contribution in [0.25, 0.3) is 0 Å². The van der Waals surface area contributed by atoms with Crippen molar-refractivity contribution in [3.05, 3.63) is 23.9 Å². The highest BCUT2D eigenvalue weighted by molar-refractivity contribution is 5.98. The highest BCUT2D eigenvalue weighted by Gasteiger charge is 2.24. The molecule has 0 bridgehead atoms. The van der Waals surface area contributed by atoms with Gasteiger partial charge in [-0.1, -0.05) is 20.8 Å². The number of hydrogen-bond donors (Lipinski definition) is 2. The van der Waals surface area contributed by atoms with E-state index in [1.165, 1.54) is 13.3 Å². The number of nitrogens with zero attached hydrogens (tertiary/aromatic N) is 1. The second-order valence-corrected chi connectivity index (χ2v) is 6.02. The molecule has 1 atom stereocenters. The Balaban J connectivity index is 2.79. The summed E-state index contributed by atoms with van der Waals surface area (Å²) in [6.07, 6.45) is 2.56. The van der Waals surface area contributed by atoms with Gasteiger partial charge in [-0.3, -0.25) is 4.79 Å². The van der Waals surface area contributed by atoms with Crippen LogP contribution in [0.2, 0.25) is 0 Å². The van der Waals surface area contributed by atoms with E-state index in [0.29, 0.717) is 12.8 Å². The van der Waals surface area contributed by atoms with Crippen LogP contribution >= 0.6 is 0 Å². The normalized spacial score (nSPS) is 12.6. The number of pyridine rings is 1. The number of carbonyl (C=O) groups is 2. The van der Waals surface area contributed by atoms with Gasteiger partial charge in [-0.15, -0.1) is 0 Å². The van der Waals surface area contributed by atoms with Crippen molar-refractivity contribution in [1.29, 1.82) is 0 Å². The van der Waals surface area contributed by atoms with Crippen molar-refractivity contribution < 1.29 is 19.4 Å². The van der Waals surface area contributed by atoms with E-state index in [-0.39, 0.29) is 16.9 Å². The van der Waals surface area contributed by atoms with Gasteiger partial charge in [0.05, 0.1) is 7.11 Å². The molecule has 6 nitrogen and oxygen atoms in total. The van der Waals surface area contributed by atoms with Crippen LogP contribution in [0.5, 0.6) is 5.88 Å². The van der Waals surface area contributed by atoms with Crippen LogP contribution in [0.15, 0.2) is 18.3 Å². The molecule has 0 aliphatic heterocycles. The zero-order chi connectivity index (χ0) is 16.0. The minimum atomic E-state index is -1.05. The number of rotatable bonds is 6. The first kappa shape index (κ1) is 16.9. The van der Waals surface area contributed by atoms with Crippen molar-refractivity contribution >= 4 is 11.9 Å². The second kappa shape index (κ2) is 7.06. The molecule has 0 fully saturated rings. The van der Waals surface area contributed by atoms with Gasteiger partial charge < -0.3 is 15.2 Å². The summed E-state index contributed by atoms with van der Waals surface area (Å²) in [4.78, 5) is 27.4. The van der Waals surface area contributed by atoms with E-state index in [0.717, 1.165) is 0 Å². The maximum Gasteiger partial charge on any atom is 0.326 e. The van der Waals surface area contributed by atoms with Gasteiger partial charge in [-0.2, -0.15) is 0 Å². The number of nitrogens with one attached hydrogen (secondary N) is 1. The van der Waals surface area contributed by atoms with Gasteiger partial charge in [0.1, 0.15) is 11.6 Å². The van der Waals surface area contributed by atoms with Gasteiger partial charge in [-0.05, 0) is 30.4 Å². The summed E-state index contributed by atoms with van der Waals surface area (Å²) in [7, 11) is 1.41. The third kappa shape index (κ3) is 5.41. The molecule has 0 aliphatic rings. The predicted octanol–water partition coefficient (Wildman–Crippen LogP) is 2.10. The minimum absolute atomic E-state index is 0.00438. The minimum Gasteiger partial charge on any atom is -0.480 e. The van der Waals surface area contributed by atoms with Gasteiger partial charge in [0.2, 0.25) is 5.88 Å². The van der Waals surface area contributed by atoms with Crippen molar-refractivity contribution in [2.45, 2.75) is 39.7 Å². The highest BCUT2D eigenvalue weighted by Crippen LogP contribution is 2.22. The average Bonchev–Trinajstić information content (AvgIpc) is 2.41. The van der Waals surface area contributed by atoms with E-state index in [1.807, 2.05) is 20.8 Å². The number of methoxy groups -OCH3 is 1. The lowest BCUT2D eigenvalue weighted by atomic mass is 9.88. The van der Waals surface area contributed by atoms with Crippen molar-refractivity contribution in [2.24, 2.45) is 5.41 Å². The van der Waals surface area contributed by atoms with Gasteiger partial charge >= 0.3 is 5.97 Å². The summed E-state index contributed by atoms with van der Waals surface area (Å²) < 4.78 is 5.00. The van der Waals surface area contributed by atoms with Crippen molar-refractivity contribution in [2.75, 3.05) is 7.11 Å². The number of carboxylic acids is 1. The van der Waals surface area contributed by atoms with Crippen molar-refractivity contribution in [1.82, 2.24) is 10.3 Å². The predicted molar refractivity (Wildman–Crippen MR) is 78.4 cm³/mol. The van der Waals surface area contributed by atoms with Gasteiger partial charge in [0.25, 0.3) is 5.91 Å². The number of ether oxygens (including phenoxy) is 1. The van der Waals surface area contributed by atoms with Crippen LogP contribution in [0.4, 0.5) is 0 Å². The SMILES string of the molecule is COc1ncccc1C(=O)NC(CCC(C)(C)C)C(=O)O. The molecular formula is C15H22N2O4. The second-order valence-electron chi connectivity index (χ2n) is 6.02. The van der Waals surface area contributed by atoms with E-state index in [9.17, 15) is 14.7 Å². The summed E-state index contributed by atoms with van der Waals surface area (Å²) in [6.45, 7) is 6.08. The van der Waals surface area contributed by atoms with E-state index in [4.69, 9.17) is 4.74 Å². The molecule has 1 aromatic heterocycles. The quantitative estimate of drug-likeness (QED) is 0.838. The number of aromatic nitrogens is 1. The Morgan fingerprint density at radius 1 is 1.43 bits per heavy atom. The van der Waals surface area contributed by atoms with Gasteiger partial charge in [0.15, 0.2) is 0 Å². The fourth-order valence-electron chi connectivity index (χ4n) is 1.80. The molecule has 21 heavy (non-hydrogen) atoms. The number of aliphatic carboxylic acids is 1. The average molecular weight is 294 g/mol.